The molecule has 0 saturated carbocycles. The smallest absolute Gasteiger partial charge is 0.149 e. The van der Waals surface area contributed by atoms with E-state index in [1.165, 1.54) is 12.1 Å². The Hall–Kier alpha value is -2.38. The number of β-amino-alcohol motifs (C(OH)–C–C–N with tert-alkyl or cyclic N) is 1. The highest BCUT2D eigenvalue weighted by molar-refractivity contribution is 5.48. The molecule has 5 nitrogen and oxygen atoms in total. The van der Waals surface area contributed by atoms with E-state index in [1.54, 1.807) is 31.4 Å². The molecule has 2 aromatic rings. The summed E-state index contributed by atoms with van der Waals surface area (Å²) in [6.07, 6.45) is -0.624. The van der Waals surface area contributed by atoms with Crippen LogP contribution >= 0.6 is 0 Å². The van der Waals surface area contributed by atoms with E-state index in [0.717, 1.165) is 11.8 Å². The highest BCUT2D eigenvalue weighted by Crippen LogP contribution is 2.22. The molecule has 1 unspecified atom stereocenters. The molecule has 3 rings (SSSR count). The predicted octanol–water partition coefficient (Wildman–Crippen LogP) is 2.54. The van der Waals surface area contributed by atoms with E-state index in [0.29, 0.717) is 44.2 Å². The van der Waals surface area contributed by atoms with Gasteiger partial charge in [-0.25, -0.2) is 8.78 Å². The Morgan fingerprint density at radius 2 is 1.67 bits per heavy atom. The first-order chi connectivity index (χ1) is 13.0. The summed E-state index contributed by atoms with van der Waals surface area (Å²) in [5.74, 6) is 0.302. The van der Waals surface area contributed by atoms with Gasteiger partial charge < -0.3 is 19.5 Å². The molecule has 1 N–H and O–H groups in total. The van der Waals surface area contributed by atoms with Gasteiger partial charge in [0, 0.05) is 38.8 Å². The van der Waals surface area contributed by atoms with Gasteiger partial charge in [-0.05, 0) is 36.4 Å². The van der Waals surface area contributed by atoms with Crippen LogP contribution in [0.4, 0.5) is 14.5 Å². The fraction of sp³-hybridized carbons (Fsp3) is 0.400. The van der Waals surface area contributed by atoms with Crippen molar-refractivity contribution in [2.75, 3.05) is 51.3 Å². The van der Waals surface area contributed by atoms with Crippen LogP contribution in [0, 0.1) is 11.6 Å². The molecule has 146 valence electrons. The molecule has 0 bridgehead atoms. The minimum atomic E-state index is -0.624. The number of anilines is 1. The van der Waals surface area contributed by atoms with Gasteiger partial charge in [0.1, 0.15) is 35.8 Å². The molecule has 2 aromatic carbocycles. The van der Waals surface area contributed by atoms with Crippen LogP contribution in [-0.2, 0) is 0 Å². The van der Waals surface area contributed by atoms with E-state index >= 15 is 0 Å². The maximum absolute atomic E-state index is 13.9. The molecular weight excluding hydrogens is 354 g/mol. The third kappa shape index (κ3) is 5.30. The predicted molar refractivity (Wildman–Crippen MR) is 99.5 cm³/mol. The van der Waals surface area contributed by atoms with Gasteiger partial charge in [-0.2, -0.15) is 0 Å². The quantitative estimate of drug-likeness (QED) is 0.802. The van der Waals surface area contributed by atoms with E-state index in [9.17, 15) is 13.9 Å². The van der Waals surface area contributed by atoms with Gasteiger partial charge in [0.05, 0.1) is 12.8 Å². The third-order valence-electron chi connectivity index (χ3n) is 4.59. The zero-order chi connectivity index (χ0) is 19.2. The number of nitrogens with zero attached hydrogens (tertiary/aromatic N) is 2. The molecule has 0 aromatic heterocycles. The molecule has 1 aliphatic heterocycles. The topological polar surface area (TPSA) is 45.2 Å². The average molecular weight is 378 g/mol. The van der Waals surface area contributed by atoms with Crippen molar-refractivity contribution in [2.45, 2.75) is 6.10 Å². The van der Waals surface area contributed by atoms with Crippen LogP contribution in [0.2, 0.25) is 0 Å². The Balaban J connectivity index is 1.42. The van der Waals surface area contributed by atoms with E-state index < -0.39 is 17.7 Å². The van der Waals surface area contributed by atoms with E-state index in [4.69, 9.17) is 9.47 Å². The molecule has 7 heteroatoms. The van der Waals surface area contributed by atoms with E-state index in [1.807, 2.05) is 4.90 Å². The summed E-state index contributed by atoms with van der Waals surface area (Å²) in [7, 11) is 1.60. The normalized spacial score (nSPS) is 16.2. The van der Waals surface area contributed by atoms with Gasteiger partial charge in [0.15, 0.2) is 0 Å². The van der Waals surface area contributed by atoms with Crippen LogP contribution in [0.25, 0.3) is 0 Å². The van der Waals surface area contributed by atoms with Crippen LogP contribution in [0.1, 0.15) is 0 Å². The van der Waals surface area contributed by atoms with Gasteiger partial charge >= 0.3 is 0 Å². The molecule has 0 aliphatic carbocycles. The average Bonchev–Trinajstić information content (AvgIpc) is 2.68. The zero-order valence-corrected chi connectivity index (χ0v) is 15.3. The lowest BCUT2D eigenvalue weighted by atomic mass is 10.2. The van der Waals surface area contributed by atoms with Crippen molar-refractivity contribution < 1.29 is 23.4 Å². The Morgan fingerprint density at radius 3 is 2.30 bits per heavy atom. The van der Waals surface area contributed by atoms with Crippen LogP contribution in [-0.4, -0.2) is 62.6 Å². The van der Waals surface area contributed by atoms with E-state index in [2.05, 4.69) is 4.90 Å². The summed E-state index contributed by atoms with van der Waals surface area (Å²) in [6.45, 7) is 3.30. The monoisotopic (exact) mass is 378 g/mol. The van der Waals surface area contributed by atoms with Crippen LogP contribution in [0.5, 0.6) is 11.5 Å². The molecule has 0 spiro atoms. The van der Waals surface area contributed by atoms with Crippen molar-refractivity contribution >= 4 is 5.69 Å². The number of piperazine rings is 1. The highest BCUT2D eigenvalue weighted by Gasteiger charge is 2.21. The summed E-state index contributed by atoms with van der Waals surface area (Å²) in [6, 6.07) is 10.8. The standard InChI is InChI=1S/C20H24F2N2O3/c1-26-17-3-5-18(6-4-17)27-14-16(25)13-23-8-10-24(11-9-23)20-7-2-15(21)12-19(20)22/h2-7,12,16,25H,8-11,13-14H2,1H3. The maximum Gasteiger partial charge on any atom is 0.149 e. The molecule has 1 aliphatic rings. The Morgan fingerprint density at radius 1 is 1.00 bits per heavy atom. The number of aliphatic hydroxyl groups is 1. The fourth-order valence-corrected chi connectivity index (χ4v) is 3.12. The summed E-state index contributed by atoms with van der Waals surface area (Å²) < 4.78 is 37.6. The first kappa shape index (κ1) is 19.4. The first-order valence-electron chi connectivity index (χ1n) is 8.92. The molecule has 0 amide bonds. The van der Waals surface area contributed by atoms with E-state index in [-0.39, 0.29) is 6.61 Å². The lowest BCUT2D eigenvalue weighted by Crippen LogP contribution is -2.49. The molecule has 1 saturated heterocycles. The van der Waals surface area contributed by atoms with Gasteiger partial charge in [-0.3, -0.25) is 4.90 Å². The first-order valence-corrected chi connectivity index (χ1v) is 8.92. The van der Waals surface area contributed by atoms with Crippen LogP contribution < -0.4 is 14.4 Å². The lowest BCUT2D eigenvalue weighted by Gasteiger charge is -2.37. The van der Waals surface area contributed by atoms with Crippen molar-refractivity contribution in [3.8, 4) is 11.5 Å². The SMILES string of the molecule is COc1ccc(OCC(O)CN2CCN(c3ccc(F)cc3F)CC2)cc1. The summed E-state index contributed by atoms with van der Waals surface area (Å²) in [5, 5.41) is 10.2. The number of benzene rings is 2. The van der Waals surface area contributed by atoms with Crippen molar-refractivity contribution in [3.05, 3.63) is 54.1 Å². The Kier molecular flexibility index (Phi) is 6.47. The molecule has 1 heterocycles. The summed E-state index contributed by atoms with van der Waals surface area (Å²) in [5.41, 5.74) is 0.416. The minimum Gasteiger partial charge on any atom is -0.497 e. The van der Waals surface area contributed by atoms with Crippen molar-refractivity contribution in [2.24, 2.45) is 0 Å². The van der Waals surface area contributed by atoms with Crippen LogP contribution in [0.15, 0.2) is 42.5 Å². The maximum atomic E-state index is 13.9. The number of halogens is 2. The Bertz CT molecular complexity index is 735. The summed E-state index contributed by atoms with van der Waals surface area (Å²) >= 11 is 0. The van der Waals surface area contributed by atoms with Gasteiger partial charge in [-0.1, -0.05) is 0 Å². The van der Waals surface area contributed by atoms with Crippen molar-refractivity contribution in [3.63, 3.8) is 0 Å². The number of hydrogen-bond acceptors (Lipinski definition) is 5. The third-order valence-corrected chi connectivity index (χ3v) is 4.59. The zero-order valence-electron chi connectivity index (χ0n) is 15.3. The summed E-state index contributed by atoms with van der Waals surface area (Å²) in [4.78, 5) is 4.01. The van der Waals surface area contributed by atoms with Gasteiger partial charge in [0.2, 0.25) is 0 Å². The molecule has 1 fully saturated rings. The lowest BCUT2D eigenvalue weighted by molar-refractivity contribution is 0.0662. The molecule has 0 radical (unpaired) electrons. The molecule has 27 heavy (non-hydrogen) atoms. The number of aliphatic hydroxyl groups excluding tert-OH is 1. The highest BCUT2D eigenvalue weighted by atomic mass is 19.1. The second-order valence-electron chi connectivity index (χ2n) is 6.52. The number of rotatable bonds is 7. The number of hydrogen-bond donors (Lipinski definition) is 1. The number of ether oxygens (including phenoxy) is 2. The second kappa shape index (κ2) is 9.01. The van der Waals surface area contributed by atoms with Gasteiger partial charge in [0.25, 0.3) is 0 Å². The molecular formula is C20H24F2N2O3. The van der Waals surface area contributed by atoms with Crippen LogP contribution in [0.3, 0.4) is 0 Å². The minimum absolute atomic E-state index is 0.194. The molecule has 1 atom stereocenters. The number of methoxy groups -OCH3 is 1. The van der Waals surface area contributed by atoms with Gasteiger partial charge in [-0.15, -0.1) is 0 Å². The van der Waals surface area contributed by atoms with Crippen molar-refractivity contribution in [1.29, 1.82) is 0 Å². The fourth-order valence-electron chi connectivity index (χ4n) is 3.12. The second-order valence-corrected chi connectivity index (χ2v) is 6.52. The van der Waals surface area contributed by atoms with Crippen molar-refractivity contribution in [1.82, 2.24) is 4.90 Å². The Labute approximate surface area is 157 Å². The largest absolute Gasteiger partial charge is 0.497 e.